The van der Waals surface area contributed by atoms with Gasteiger partial charge in [0.05, 0.1) is 16.8 Å². The molecule has 0 aliphatic carbocycles. The number of imidazole rings is 1. The van der Waals surface area contributed by atoms with E-state index in [-0.39, 0.29) is 11.3 Å². The summed E-state index contributed by atoms with van der Waals surface area (Å²) in [6, 6.07) is 16.1. The average molecular weight is 376 g/mol. The second kappa shape index (κ2) is 7.20. The van der Waals surface area contributed by atoms with Crippen LogP contribution in [-0.4, -0.2) is 25.7 Å². The molecule has 0 saturated heterocycles. The highest BCUT2D eigenvalue weighted by Crippen LogP contribution is 2.21. The molecule has 0 spiro atoms. The number of benzene rings is 2. The standard InChI is InChI=1S/C20H16N4O2S/c1-12-9-18(25)24-20(21-12)27-11-17-22-15-8-7-14(10-16(15)23-17)19(26)13-5-3-2-4-6-13/h2-10H,11H2,1H3,(H,22,23)(H,21,24,25). The van der Waals surface area contributed by atoms with Gasteiger partial charge in [0, 0.05) is 22.9 Å². The number of aromatic nitrogens is 4. The van der Waals surface area contributed by atoms with E-state index in [0.717, 1.165) is 16.9 Å². The van der Waals surface area contributed by atoms with Crippen molar-refractivity contribution in [3.8, 4) is 0 Å². The van der Waals surface area contributed by atoms with Crippen molar-refractivity contribution in [1.82, 2.24) is 19.9 Å². The van der Waals surface area contributed by atoms with Gasteiger partial charge in [-0.15, -0.1) is 0 Å². The van der Waals surface area contributed by atoms with E-state index in [0.29, 0.717) is 27.7 Å². The molecule has 27 heavy (non-hydrogen) atoms. The number of fused-ring (bicyclic) bond motifs is 1. The van der Waals surface area contributed by atoms with Gasteiger partial charge in [-0.2, -0.15) is 0 Å². The third-order valence-electron chi connectivity index (χ3n) is 4.02. The molecule has 6 nitrogen and oxygen atoms in total. The minimum Gasteiger partial charge on any atom is -0.341 e. The summed E-state index contributed by atoms with van der Waals surface area (Å²) in [6.07, 6.45) is 0. The predicted molar refractivity (Wildman–Crippen MR) is 105 cm³/mol. The third kappa shape index (κ3) is 3.83. The van der Waals surface area contributed by atoms with Gasteiger partial charge in [0.15, 0.2) is 10.9 Å². The Balaban J connectivity index is 1.56. The van der Waals surface area contributed by atoms with Crippen molar-refractivity contribution in [2.45, 2.75) is 17.8 Å². The Morgan fingerprint density at radius 2 is 1.81 bits per heavy atom. The molecule has 0 atom stereocenters. The fourth-order valence-electron chi connectivity index (χ4n) is 2.78. The third-order valence-corrected chi connectivity index (χ3v) is 4.91. The Hall–Kier alpha value is -3.19. The average Bonchev–Trinajstić information content (AvgIpc) is 3.08. The van der Waals surface area contributed by atoms with Crippen LogP contribution in [0.3, 0.4) is 0 Å². The molecule has 0 aliphatic rings. The van der Waals surface area contributed by atoms with E-state index in [1.165, 1.54) is 17.8 Å². The second-order valence-electron chi connectivity index (χ2n) is 6.09. The second-order valence-corrected chi connectivity index (χ2v) is 7.06. The predicted octanol–water partition coefficient (Wildman–Crippen LogP) is 3.48. The molecule has 0 unspecified atom stereocenters. The monoisotopic (exact) mass is 376 g/mol. The van der Waals surface area contributed by atoms with Gasteiger partial charge < -0.3 is 9.97 Å². The smallest absolute Gasteiger partial charge is 0.251 e. The number of aryl methyl sites for hydroxylation is 1. The fourth-order valence-corrected chi connectivity index (χ4v) is 3.58. The number of carbonyl (C=O) groups excluding carboxylic acids is 1. The molecule has 4 rings (SSSR count). The highest BCUT2D eigenvalue weighted by Gasteiger charge is 2.11. The maximum atomic E-state index is 12.6. The topological polar surface area (TPSA) is 91.5 Å². The van der Waals surface area contributed by atoms with Crippen molar-refractivity contribution in [2.24, 2.45) is 0 Å². The van der Waals surface area contributed by atoms with Crippen molar-refractivity contribution in [3.05, 3.63) is 87.6 Å². The number of ketones is 1. The molecule has 134 valence electrons. The first-order valence-electron chi connectivity index (χ1n) is 8.38. The molecular weight excluding hydrogens is 360 g/mol. The fraction of sp³-hybridized carbons (Fsp3) is 0.100. The number of H-pyrrole nitrogens is 2. The number of aromatic amines is 2. The van der Waals surface area contributed by atoms with Gasteiger partial charge in [0.2, 0.25) is 0 Å². The van der Waals surface area contributed by atoms with Crippen LogP contribution in [0, 0.1) is 6.92 Å². The first-order chi connectivity index (χ1) is 13.1. The van der Waals surface area contributed by atoms with E-state index in [9.17, 15) is 9.59 Å². The highest BCUT2D eigenvalue weighted by molar-refractivity contribution is 7.98. The number of thioether (sulfide) groups is 1. The molecule has 0 bridgehead atoms. The van der Waals surface area contributed by atoms with Gasteiger partial charge in [0.25, 0.3) is 5.56 Å². The normalized spacial score (nSPS) is 11.0. The molecule has 2 N–H and O–H groups in total. The summed E-state index contributed by atoms with van der Waals surface area (Å²) in [5, 5.41) is 0.556. The van der Waals surface area contributed by atoms with E-state index in [2.05, 4.69) is 19.9 Å². The van der Waals surface area contributed by atoms with Gasteiger partial charge in [-0.1, -0.05) is 42.1 Å². The van der Waals surface area contributed by atoms with Crippen molar-refractivity contribution in [1.29, 1.82) is 0 Å². The number of nitrogens with one attached hydrogen (secondary N) is 2. The first kappa shape index (κ1) is 17.2. The van der Waals surface area contributed by atoms with Gasteiger partial charge >= 0.3 is 0 Å². The van der Waals surface area contributed by atoms with Crippen LogP contribution in [0.2, 0.25) is 0 Å². The SMILES string of the molecule is Cc1cc(=O)[nH]c(SCc2nc3ccc(C(=O)c4ccccc4)cc3[nH]2)n1. The summed E-state index contributed by atoms with van der Waals surface area (Å²) in [6.45, 7) is 1.78. The number of hydrogen-bond donors (Lipinski definition) is 2. The minimum absolute atomic E-state index is 0.0236. The molecule has 2 heterocycles. The highest BCUT2D eigenvalue weighted by atomic mass is 32.2. The molecule has 2 aromatic heterocycles. The van der Waals surface area contributed by atoms with Crippen molar-refractivity contribution < 1.29 is 4.79 Å². The molecular formula is C20H16N4O2S. The van der Waals surface area contributed by atoms with Gasteiger partial charge in [-0.05, 0) is 25.1 Å². The number of carbonyl (C=O) groups is 1. The Morgan fingerprint density at radius 1 is 1.00 bits per heavy atom. The number of rotatable bonds is 5. The zero-order valence-electron chi connectivity index (χ0n) is 14.5. The lowest BCUT2D eigenvalue weighted by molar-refractivity contribution is 0.103. The van der Waals surface area contributed by atoms with Gasteiger partial charge in [-0.25, -0.2) is 9.97 Å². The number of nitrogens with zero attached hydrogens (tertiary/aromatic N) is 2. The zero-order chi connectivity index (χ0) is 18.8. The number of hydrogen-bond acceptors (Lipinski definition) is 5. The molecule has 7 heteroatoms. The lowest BCUT2D eigenvalue weighted by Gasteiger charge is -2.00. The molecule has 0 saturated carbocycles. The maximum Gasteiger partial charge on any atom is 0.251 e. The van der Waals surface area contributed by atoms with Crippen LogP contribution in [0.4, 0.5) is 0 Å². The van der Waals surface area contributed by atoms with E-state index < -0.39 is 0 Å². The summed E-state index contributed by atoms with van der Waals surface area (Å²) in [7, 11) is 0. The molecule has 0 amide bonds. The maximum absolute atomic E-state index is 12.6. The van der Waals surface area contributed by atoms with Crippen LogP contribution < -0.4 is 5.56 Å². The molecule has 0 fully saturated rings. The summed E-state index contributed by atoms with van der Waals surface area (Å²) < 4.78 is 0. The molecule has 4 aromatic rings. The lowest BCUT2D eigenvalue weighted by atomic mass is 10.0. The summed E-state index contributed by atoms with van der Waals surface area (Å²) in [4.78, 5) is 38.9. The van der Waals surface area contributed by atoms with Crippen LogP contribution in [-0.2, 0) is 5.75 Å². The van der Waals surface area contributed by atoms with E-state index in [1.807, 2.05) is 30.3 Å². The van der Waals surface area contributed by atoms with Crippen LogP contribution in [0.25, 0.3) is 11.0 Å². The van der Waals surface area contributed by atoms with Crippen LogP contribution in [0.5, 0.6) is 0 Å². The van der Waals surface area contributed by atoms with Crippen molar-refractivity contribution >= 4 is 28.6 Å². The molecule has 0 aliphatic heterocycles. The van der Waals surface area contributed by atoms with Crippen LogP contribution >= 0.6 is 11.8 Å². The minimum atomic E-state index is -0.168. The van der Waals surface area contributed by atoms with E-state index >= 15 is 0 Å². The van der Waals surface area contributed by atoms with E-state index in [4.69, 9.17) is 0 Å². The summed E-state index contributed by atoms with van der Waals surface area (Å²) in [5.74, 6) is 1.26. The van der Waals surface area contributed by atoms with E-state index in [1.54, 1.807) is 25.1 Å². The summed E-state index contributed by atoms with van der Waals surface area (Å²) in [5.41, 5.74) is 3.37. The Kier molecular flexibility index (Phi) is 4.60. The lowest BCUT2D eigenvalue weighted by Crippen LogP contribution is -2.08. The Labute approximate surface area is 159 Å². The van der Waals surface area contributed by atoms with Crippen LogP contribution in [0.15, 0.2) is 64.5 Å². The molecule has 2 aromatic carbocycles. The zero-order valence-corrected chi connectivity index (χ0v) is 15.3. The van der Waals surface area contributed by atoms with Gasteiger partial charge in [0.1, 0.15) is 5.82 Å². The van der Waals surface area contributed by atoms with Crippen molar-refractivity contribution in [2.75, 3.05) is 0 Å². The van der Waals surface area contributed by atoms with Crippen molar-refractivity contribution in [3.63, 3.8) is 0 Å². The Morgan fingerprint density at radius 3 is 2.59 bits per heavy atom. The molecule has 0 radical (unpaired) electrons. The largest absolute Gasteiger partial charge is 0.341 e. The Bertz CT molecular complexity index is 1180. The summed E-state index contributed by atoms with van der Waals surface area (Å²) >= 11 is 1.40. The first-order valence-corrected chi connectivity index (χ1v) is 9.36. The quantitative estimate of drug-likeness (QED) is 0.316. The van der Waals surface area contributed by atoms with Gasteiger partial charge in [-0.3, -0.25) is 9.59 Å². The van der Waals surface area contributed by atoms with Crippen LogP contribution in [0.1, 0.15) is 27.4 Å².